The summed E-state index contributed by atoms with van der Waals surface area (Å²) in [6, 6.07) is 5.68. The molecule has 1 radical (unpaired) electrons. The van der Waals surface area contributed by atoms with Crippen LogP contribution >= 0.6 is 0 Å². The lowest BCUT2D eigenvalue weighted by Gasteiger charge is -1.96. The van der Waals surface area contributed by atoms with Crippen molar-refractivity contribution >= 4 is 20.3 Å². The van der Waals surface area contributed by atoms with E-state index in [1.165, 1.54) is 24.3 Å². The summed E-state index contributed by atoms with van der Waals surface area (Å²) < 4.78 is 0. The van der Waals surface area contributed by atoms with Gasteiger partial charge in [-0.25, -0.2) is 0 Å². The topological polar surface area (TPSA) is 101 Å². The molecule has 0 atom stereocenters. The predicted molar refractivity (Wildman–Crippen MR) is 48.1 cm³/mol. The van der Waals surface area contributed by atoms with E-state index >= 15 is 0 Å². The summed E-state index contributed by atoms with van der Waals surface area (Å²) in [5.41, 5.74) is 0.373. The normalized spacial score (nSPS) is 8.31. The summed E-state index contributed by atoms with van der Waals surface area (Å²) >= 11 is 0. The maximum absolute atomic E-state index is 8.78. The summed E-state index contributed by atoms with van der Waals surface area (Å²) in [5.74, 6) is 0.115. The van der Waals surface area contributed by atoms with Crippen molar-refractivity contribution in [3.05, 3.63) is 24.3 Å². The van der Waals surface area contributed by atoms with Crippen LogP contribution in [0.2, 0.25) is 0 Å². The van der Waals surface area contributed by atoms with Gasteiger partial charge in [0.1, 0.15) is 5.75 Å². The van der Waals surface area contributed by atoms with Gasteiger partial charge in [0, 0.05) is 0 Å². The molecule has 0 aromatic heterocycles. The van der Waals surface area contributed by atoms with Crippen molar-refractivity contribution in [3.8, 4) is 5.75 Å². The van der Waals surface area contributed by atoms with Crippen molar-refractivity contribution in [2.45, 2.75) is 0 Å². The third kappa shape index (κ3) is 5.26. The Labute approximate surface area is 76.4 Å². The Bertz CT molecular complexity index is 225. The third-order valence-electron chi connectivity index (χ3n) is 1.19. The third-order valence-corrected chi connectivity index (χ3v) is 1.19. The van der Waals surface area contributed by atoms with Crippen molar-refractivity contribution in [2.75, 3.05) is 0 Å². The molecule has 1 aromatic rings. The molecule has 0 bridgehead atoms. The van der Waals surface area contributed by atoms with Crippen LogP contribution in [0.4, 0.5) is 0 Å². The molecule has 0 fully saturated rings. The van der Waals surface area contributed by atoms with E-state index < -0.39 is 7.12 Å². The second kappa shape index (κ2) is 6.50. The monoisotopic (exact) mass is 183 g/mol. The summed E-state index contributed by atoms with van der Waals surface area (Å²) in [7, 11) is -1.46. The lowest BCUT2D eigenvalue weighted by molar-refractivity contribution is 0.425. The SMILES string of the molecule is OB(O)c1ccc(O)cc1.O[B]O. The zero-order valence-electron chi connectivity index (χ0n) is 6.70. The molecule has 0 aliphatic rings. The molecule has 0 aliphatic carbocycles. The molecule has 5 nitrogen and oxygen atoms in total. The molecule has 0 unspecified atom stereocenters. The standard InChI is InChI=1S/C6H7BO3.BH2O2/c8-6-3-1-5(2-4-6)7(9)10;2-1-3/h1-4,8-10H;2-3H. The number of aromatic hydroxyl groups is 1. The fraction of sp³-hybridized carbons (Fsp3) is 0. The van der Waals surface area contributed by atoms with E-state index in [-0.39, 0.29) is 13.4 Å². The molecule has 13 heavy (non-hydrogen) atoms. The van der Waals surface area contributed by atoms with Crippen LogP contribution in [0.5, 0.6) is 5.75 Å². The first-order valence-corrected chi connectivity index (χ1v) is 3.37. The van der Waals surface area contributed by atoms with Gasteiger partial charge in [0.25, 0.3) is 0 Å². The molecule has 0 amide bonds. The minimum atomic E-state index is -1.46. The number of hydrogen-bond acceptors (Lipinski definition) is 5. The zero-order valence-corrected chi connectivity index (χ0v) is 6.70. The average molecular weight is 183 g/mol. The van der Waals surface area contributed by atoms with E-state index in [0.717, 1.165) is 0 Å². The number of benzene rings is 1. The van der Waals surface area contributed by atoms with Crippen molar-refractivity contribution in [1.82, 2.24) is 0 Å². The summed E-state index contributed by atoms with van der Waals surface area (Å²) in [6.07, 6.45) is 0. The van der Waals surface area contributed by atoms with Crippen LogP contribution in [-0.4, -0.2) is 40.0 Å². The highest BCUT2D eigenvalue weighted by atomic mass is 16.4. The number of hydrogen-bond donors (Lipinski definition) is 5. The highest BCUT2D eigenvalue weighted by Gasteiger charge is 2.08. The van der Waals surface area contributed by atoms with Crippen molar-refractivity contribution in [2.24, 2.45) is 0 Å². The fourth-order valence-corrected chi connectivity index (χ4v) is 0.646. The first kappa shape index (κ1) is 12.0. The van der Waals surface area contributed by atoms with Gasteiger partial charge in [0.15, 0.2) is 0 Å². The lowest BCUT2D eigenvalue weighted by atomic mass is 9.80. The van der Waals surface area contributed by atoms with Gasteiger partial charge in [-0.2, -0.15) is 0 Å². The Morgan fingerprint density at radius 3 is 1.69 bits per heavy atom. The molecular weight excluding hydrogens is 174 g/mol. The first-order valence-electron chi connectivity index (χ1n) is 3.37. The van der Waals surface area contributed by atoms with Crippen LogP contribution in [0.1, 0.15) is 0 Å². The second-order valence-electron chi connectivity index (χ2n) is 2.08. The fourth-order valence-electron chi connectivity index (χ4n) is 0.646. The van der Waals surface area contributed by atoms with Crippen LogP contribution in [0.15, 0.2) is 24.3 Å². The van der Waals surface area contributed by atoms with E-state index in [0.29, 0.717) is 5.46 Å². The van der Waals surface area contributed by atoms with Gasteiger partial charge in [0.05, 0.1) is 0 Å². The predicted octanol–water partition coefficient (Wildman–Crippen LogP) is -2.42. The maximum Gasteiger partial charge on any atom is 0.488 e. The van der Waals surface area contributed by atoms with Gasteiger partial charge in [-0.05, 0) is 17.6 Å². The molecule has 0 saturated heterocycles. The number of phenolic OH excluding ortho intramolecular Hbond substituents is 1. The Balaban J connectivity index is 0.000000424. The summed E-state index contributed by atoms with van der Waals surface area (Å²) in [6.45, 7) is 0. The molecule has 5 N–H and O–H groups in total. The molecule has 1 rings (SSSR count). The quantitative estimate of drug-likeness (QED) is 0.311. The van der Waals surface area contributed by atoms with E-state index in [1.54, 1.807) is 0 Å². The Morgan fingerprint density at radius 2 is 1.38 bits per heavy atom. The van der Waals surface area contributed by atoms with Crippen LogP contribution < -0.4 is 5.46 Å². The minimum absolute atomic E-state index is 0. The van der Waals surface area contributed by atoms with E-state index in [2.05, 4.69) is 0 Å². The Kier molecular flexibility index (Phi) is 5.99. The second-order valence-corrected chi connectivity index (χ2v) is 2.08. The average Bonchev–Trinajstić information content (AvgIpc) is 2.06. The Hall–Kier alpha value is -1.01. The molecule has 0 heterocycles. The van der Waals surface area contributed by atoms with Crippen LogP contribution in [0, 0.1) is 0 Å². The highest BCUT2D eigenvalue weighted by molar-refractivity contribution is 6.58. The molecule has 0 spiro atoms. The summed E-state index contributed by atoms with van der Waals surface area (Å²) in [5, 5.41) is 40.0. The molecule has 1 aromatic carbocycles. The van der Waals surface area contributed by atoms with Crippen LogP contribution in [0.25, 0.3) is 0 Å². The van der Waals surface area contributed by atoms with Crippen LogP contribution in [0.3, 0.4) is 0 Å². The molecule has 0 saturated carbocycles. The Morgan fingerprint density at radius 1 is 1.00 bits per heavy atom. The molecule has 0 aliphatic heterocycles. The van der Waals surface area contributed by atoms with Gasteiger partial charge in [0.2, 0.25) is 0 Å². The first-order chi connectivity index (χ1) is 6.11. The molecule has 7 heteroatoms. The van der Waals surface area contributed by atoms with E-state index in [9.17, 15) is 0 Å². The van der Waals surface area contributed by atoms with E-state index in [1.807, 2.05) is 0 Å². The van der Waals surface area contributed by atoms with Gasteiger partial charge >= 0.3 is 14.8 Å². The lowest BCUT2D eigenvalue weighted by Crippen LogP contribution is -2.29. The van der Waals surface area contributed by atoms with Gasteiger partial charge < -0.3 is 25.2 Å². The maximum atomic E-state index is 8.78. The van der Waals surface area contributed by atoms with Crippen molar-refractivity contribution < 1.29 is 25.2 Å². The largest absolute Gasteiger partial charge is 0.508 e. The smallest absolute Gasteiger partial charge is 0.488 e. The van der Waals surface area contributed by atoms with Gasteiger partial charge in [-0.3, -0.25) is 0 Å². The van der Waals surface area contributed by atoms with Gasteiger partial charge in [-0.1, -0.05) is 12.1 Å². The van der Waals surface area contributed by atoms with Crippen molar-refractivity contribution in [3.63, 3.8) is 0 Å². The van der Waals surface area contributed by atoms with Crippen LogP contribution in [-0.2, 0) is 0 Å². The highest BCUT2D eigenvalue weighted by Crippen LogP contribution is 2.02. The van der Waals surface area contributed by atoms with E-state index in [4.69, 9.17) is 25.2 Å². The molecular formula is C6H9B2O5. The molecule has 69 valence electrons. The number of rotatable bonds is 1. The number of phenols is 1. The van der Waals surface area contributed by atoms with Gasteiger partial charge in [-0.15, -0.1) is 0 Å². The summed E-state index contributed by atoms with van der Waals surface area (Å²) in [4.78, 5) is 0. The zero-order chi connectivity index (χ0) is 10.3. The van der Waals surface area contributed by atoms with Crippen molar-refractivity contribution in [1.29, 1.82) is 0 Å². The minimum Gasteiger partial charge on any atom is -0.508 e.